The number of rotatable bonds is 3. The van der Waals surface area contributed by atoms with E-state index in [1.54, 1.807) is 11.3 Å². The average molecular weight is 398 g/mol. The van der Waals surface area contributed by atoms with Crippen molar-refractivity contribution >= 4 is 33.0 Å². The maximum absolute atomic E-state index is 13.8. The summed E-state index contributed by atoms with van der Waals surface area (Å²) in [6.45, 7) is 4.25. The van der Waals surface area contributed by atoms with E-state index < -0.39 is 0 Å². The van der Waals surface area contributed by atoms with Crippen molar-refractivity contribution < 1.29 is 4.79 Å². The number of anilines is 1. The van der Waals surface area contributed by atoms with Gasteiger partial charge in [-0.05, 0) is 60.9 Å². The van der Waals surface area contributed by atoms with E-state index in [1.165, 1.54) is 26.8 Å². The van der Waals surface area contributed by atoms with Crippen LogP contribution in [0.2, 0.25) is 0 Å². The number of thiophene rings is 1. The van der Waals surface area contributed by atoms with Gasteiger partial charge in [-0.3, -0.25) is 4.79 Å². The molecule has 1 aliphatic rings. The molecule has 1 unspecified atom stereocenters. The van der Waals surface area contributed by atoms with E-state index in [0.717, 1.165) is 29.0 Å². The predicted molar refractivity (Wildman–Crippen MR) is 122 cm³/mol. The molecule has 0 spiro atoms. The molecule has 29 heavy (non-hydrogen) atoms. The normalized spacial score (nSPS) is 15.7. The number of nitrogens with zero attached hydrogens (tertiary/aromatic N) is 1. The molecule has 3 heteroatoms. The van der Waals surface area contributed by atoms with Crippen LogP contribution >= 0.6 is 11.3 Å². The van der Waals surface area contributed by atoms with E-state index in [0.29, 0.717) is 0 Å². The maximum atomic E-state index is 13.8. The number of carbonyl (C=O) groups excluding carboxylic acids is 1. The fraction of sp³-hybridized carbons (Fsp3) is 0.192. The maximum Gasteiger partial charge on any atom is 0.268 e. The molecule has 0 saturated carbocycles. The second kappa shape index (κ2) is 7.16. The van der Waals surface area contributed by atoms with E-state index >= 15 is 0 Å². The molecule has 1 aromatic heterocycles. The monoisotopic (exact) mass is 397 g/mol. The Kier molecular flexibility index (Phi) is 4.48. The molecule has 144 valence electrons. The number of para-hydroxylation sites is 1. The first-order valence-electron chi connectivity index (χ1n) is 10.1. The van der Waals surface area contributed by atoms with Crippen molar-refractivity contribution in [2.75, 3.05) is 4.90 Å². The molecular weight excluding hydrogens is 374 g/mol. The molecule has 0 N–H and O–H groups in total. The van der Waals surface area contributed by atoms with Gasteiger partial charge in [0.2, 0.25) is 0 Å². The summed E-state index contributed by atoms with van der Waals surface area (Å²) in [4.78, 5) is 16.7. The van der Waals surface area contributed by atoms with Gasteiger partial charge in [-0.1, -0.05) is 66.2 Å². The van der Waals surface area contributed by atoms with Crippen molar-refractivity contribution in [3.05, 3.63) is 99.9 Å². The van der Waals surface area contributed by atoms with Crippen molar-refractivity contribution in [3.8, 4) is 0 Å². The Labute approximate surface area is 175 Å². The fourth-order valence-electron chi connectivity index (χ4n) is 4.34. The van der Waals surface area contributed by atoms with Crippen LogP contribution in [0.3, 0.4) is 0 Å². The third-order valence-corrected chi connectivity index (χ3v) is 7.02. The van der Waals surface area contributed by atoms with Crippen LogP contribution < -0.4 is 4.90 Å². The lowest BCUT2D eigenvalue weighted by atomic mass is 10.0. The minimum absolute atomic E-state index is 0.130. The Morgan fingerprint density at radius 3 is 2.55 bits per heavy atom. The van der Waals surface area contributed by atoms with Crippen LogP contribution in [-0.4, -0.2) is 11.9 Å². The number of hydrogen-bond donors (Lipinski definition) is 0. The molecule has 3 aromatic carbocycles. The second-order valence-electron chi connectivity index (χ2n) is 7.93. The number of amides is 1. The summed E-state index contributed by atoms with van der Waals surface area (Å²) in [6, 6.07) is 25.5. The minimum Gasteiger partial charge on any atom is -0.304 e. The summed E-state index contributed by atoms with van der Waals surface area (Å²) >= 11 is 1.63. The lowest BCUT2D eigenvalue weighted by Gasteiger charge is -2.23. The van der Waals surface area contributed by atoms with Gasteiger partial charge in [-0.25, -0.2) is 0 Å². The van der Waals surface area contributed by atoms with Crippen molar-refractivity contribution in [1.82, 2.24) is 0 Å². The Bertz CT molecular complexity index is 1210. The molecule has 2 heterocycles. The van der Waals surface area contributed by atoms with Gasteiger partial charge in [0.05, 0.1) is 4.88 Å². The highest BCUT2D eigenvalue weighted by atomic mass is 32.1. The number of carbonyl (C=O) groups is 1. The van der Waals surface area contributed by atoms with Crippen LogP contribution in [-0.2, 0) is 12.8 Å². The highest BCUT2D eigenvalue weighted by molar-refractivity contribution is 7.21. The highest BCUT2D eigenvalue weighted by Crippen LogP contribution is 2.38. The first-order chi connectivity index (χ1) is 14.1. The molecule has 5 rings (SSSR count). The molecular formula is C26H23NOS. The molecule has 4 aromatic rings. The smallest absolute Gasteiger partial charge is 0.268 e. The van der Waals surface area contributed by atoms with E-state index in [9.17, 15) is 4.79 Å². The molecule has 1 amide bonds. The van der Waals surface area contributed by atoms with Crippen LogP contribution in [0.5, 0.6) is 0 Å². The van der Waals surface area contributed by atoms with Gasteiger partial charge in [0.25, 0.3) is 5.91 Å². The lowest BCUT2D eigenvalue weighted by molar-refractivity contribution is 0.0985. The number of benzene rings is 3. The summed E-state index contributed by atoms with van der Waals surface area (Å²) in [5.41, 5.74) is 5.96. The zero-order chi connectivity index (χ0) is 20.0. The SMILES string of the molecule is Cc1ccc(Cc2c(C(=O)N3c4ccccc4CC3C)sc3ccccc23)cc1. The summed E-state index contributed by atoms with van der Waals surface area (Å²) in [5, 5.41) is 1.20. The van der Waals surface area contributed by atoms with Crippen molar-refractivity contribution in [2.45, 2.75) is 32.7 Å². The molecule has 0 bridgehead atoms. The molecule has 0 fully saturated rings. The first-order valence-corrected chi connectivity index (χ1v) is 10.9. The van der Waals surface area contributed by atoms with Crippen LogP contribution in [0, 0.1) is 6.92 Å². The largest absolute Gasteiger partial charge is 0.304 e. The Morgan fingerprint density at radius 2 is 1.72 bits per heavy atom. The van der Waals surface area contributed by atoms with E-state index in [1.807, 2.05) is 11.0 Å². The van der Waals surface area contributed by atoms with Crippen LogP contribution in [0.15, 0.2) is 72.8 Å². The van der Waals surface area contributed by atoms with Crippen molar-refractivity contribution in [2.24, 2.45) is 0 Å². The van der Waals surface area contributed by atoms with Crippen LogP contribution in [0.1, 0.15) is 38.8 Å². The topological polar surface area (TPSA) is 20.3 Å². The summed E-state index contributed by atoms with van der Waals surface area (Å²) in [7, 11) is 0. The molecule has 2 nitrogen and oxygen atoms in total. The number of hydrogen-bond acceptors (Lipinski definition) is 2. The number of fused-ring (bicyclic) bond motifs is 2. The molecule has 0 aliphatic carbocycles. The Morgan fingerprint density at radius 1 is 1.00 bits per heavy atom. The zero-order valence-electron chi connectivity index (χ0n) is 16.7. The van der Waals surface area contributed by atoms with E-state index in [-0.39, 0.29) is 11.9 Å². The third kappa shape index (κ3) is 3.16. The van der Waals surface area contributed by atoms with Gasteiger partial charge in [-0.15, -0.1) is 11.3 Å². The predicted octanol–water partition coefficient (Wildman–Crippen LogP) is 6.39. The second-order valence-corrected chi connectivity index (χ2v) is 8.98. The van der Waals surface area contributed by atoms with Crippen molar-refractivity contribution in [1.29, 1.82) is 0 Å². The van der Waals surface area contributed by atoms with E-state index in [2.05, 4.69) is 80.6 Å². The quantitative estimate of drug-likeness (QED) is 0.392. The van der Waals surface area contributed by atoms with Crippen LogP contribution in [0.4, 0.5) is 5.69 Å². The Hall–Kier alpha value is -2.91. The van der Waals surface area contributed by atoms with Gasteiger partial charge in [0.15, 0.2) is 0 Å². The van der Waals surface area contributed by atoms with Gasteiger partial charge in [-0.2, -0.15) is 0 Å². The first kappa shape index (κ1) is 18.1. The standard InChI is InChI=1S/C26H23NOS/c1-17-11-13-19(14-12-17)16-22-21-8-4-6-10-24(21)29-25(22)26(28)27-18(2)15-20-7-3-5-9-23(20)27/h3-14,18H,15-16H2,1-2H3. The summed E-state index contributed by atoms with van der Waals surface area (Å²) < 4.78 is 1.18. The molecule has 1 atom stereocenters. The molecule has 0 saturated heterocycles. The number of aryl methyl sites for hydroxylation is 1. The van der Waals surface area contributed by atoms with Gasteiger partial charge in [0, 0.05) is 16.4 Å². The van der Waals surface area contributed by atoms with Crippen molar-refractivity contribution in [3.63, 3.8) is 0 Å². The summed E-state index contributed by atoms with van der Waals surface area (Å²) in [5.74, 6) is 0.130. The van der Waals surface area contributed by atoms with Crippen LogP contribution in [0.25, 0.3) is 10.1 Å². The van der Waals surface area contributed by atoms with Gasteiger partial charge >= 0.3 is 0 Å². The fourth-order valence-corrected chi connectivity index (χ4v) is 5.50. The zero-order valence-corrected chi connectivity index (χ0v) is 17.5. The highest BCUT2D eigenvalue weighted by Gasteiger charge is 2.33. The molecule has 1 aliphatic heterocycles. The van der Waals surface area contributed by atoms with E-state index in [4.69, 9.17) is 0 Å². The molecule has 0 radical (unpaired) electrons. The lowest BCUT2D eigenvalue weighted by Crippen LogP contribution is -2.35. The van der Waals surface area contributed by atoms with Gasteiger partial charge in [0.1, 0.15) is 0 Å². The van der Waals surface area contributed by atoms with Gasteiger partial charge < -0.3 is 4.90 Å². The minimum atomic E-state index is 0.130. The third-order valence-electron chi connectivity index (χ3n) is 5.82. The Balaban J connectivity index is 1.61. The summed E-state index contributed by atoms with van der Waals surface area (Å²) in [6.07, 6.45) is 1.69. The average Bonchev–Trinajstić information content (AvgIpc) is 3.26.